The van der Waals surface area contributed by atoms with Gasteiger partial charge in [0.25, 0.3) is 5.91 Å². The van der Waals surface area contributed by atoms with Crippen molar-refractivity contribution in [1.29, 1.82) is 5.26 Å². The van der Waals surface area contributed by atoms with E-state index in [9.17, 15) is 9.18 Å². The van der Waals surface area contributed by atoms with Crippen molar-refractivity contribution in [2.75, 3.05) is 0 Å². The molecule has 2 N–H and O–H groups in total. The lowest BCUT2D eigenvalue weighted by Gasteiger charge is -2.01. The molecule has 0 radical (unpaired) electrons. The number of carbonyl (C=O) groups is 1. The van der Waals surface area contributed by atoms with E-state index in [1.807, 2.05) is 31.2 Å². The lowest BCUT2D eigenvalue weighted by Crippen LogP contribution is -2.12. The molecule has 2 aromatic carbocycles. The Kier molecular flexibility index (Phi) is 4.63. The van der Waals surface area contributed by atoms with E-state index >= 15 is 0 Å². The van der Waals surface area contributed by atoms with Crippen LogP contribution in [0.5, 0.6) is 0 Å². The van der Waals surface area contributed by atoms with Gasteiger partial charge in [0, 0.05) is 17.3 Å². The second-order valence-electron chi connectivity index (χ2n) is 5.75. The number of nitrogens with two attached hydrogens (primary N) is 1. The van der Waals surface area contributed by atoms with Gasteiger partial charge in [-0.2, -0.15) is 10.4 Å². The lowest BCUT2D eigenvalue weighted by molar-refractivity contribution is -0.114. The van der Waals surface area contributed by atoms with Crippen LogP contribution in [0.15, 0.2) is 60.3 Å². The molecule has 0 unspecified atom stereocenters. The number of halogens is 1. The van der Waals surface area contributed by atoms with Crippen LogP contribution >= 0.6 is 0 Å². The molecule has 128 valence electrons. The minimum atomic E-state index is -0.808. The van der Waals surface area contributed by atoms with Crippen LogP contribution in [-0.2, 0) is 4.79 Å². The Morgan fingerprint density at radius 3 is 2.42 bits per heavy atom. The van der Waals surface area contributed by atoms with Crippen LogP contribution < -0.4 is 5.73 Å². The van der Waals surface area contributed by atoms with E-state index in [2.05, 4.69) is 5.10 Å². The summed E-state index contributed by atoms with van der Waals surface area (Å²) in [5.74, 6) is -1.16. The molecule has 5 nitrogen and oxygen atoms in total. The third-order valence-corrected chi connectivity index (χ3v) is 3.84. The van der Waals surface area contributed by atoms with Gasteiger partial charge in [-0.05, 0) is 37.3 Å². The van der Waals surface area contributed by atoms with Gasteiger partial charge in [-0.25, -0.2) is 9.07 Å². The van der Waals surface area contributed by atoms with Gasteiger partial charge in [-0.15, -0.1) is 0 Å². The number of carbonyl (C=O) groups excluding carboxylic acids is 1. The fourth-order valence-electron chi connectivity index (χ4n) is 2.47. The summed E-state index contributed by atoms with van der Waals surface area (Å²) in [6.07, 6.45) is 3.08. The van der Waals surface area contributed by atoms with Crippen LogP contribution in [0.3, 0.4) is 0 Å². The van der Waals surface area contributed by atoms with Crippen molar-refractivity contribution in [2.24, 2.45) is 5.73 Å². The van der Waals surface area contributed by atoms with Gasteiger partial charge in [0.15, 0.2) is 0 Å². The highest BCUT2D eigenvalue weighted by atomic mass is 19.1. The van der Waals surface area contributed by atoms with E-state index in [1.165, 1.54) is 18.2 Å². The normalized spacial score (nSPS) is 11.2. The minimum Gasteiger partial charge on any atom is -0.365 e. The number of nitriles is 1. The Bertz CT molecular complexity index is 1030. The predicted octanol–water partition coefficient (Wildman–Crippen LogP) is 3.38. The number of rotatable bonds is 4. The van der Waals surface area contributed by atoms with Gasteiger partial charge < -0.3 is 5.73 Å². The minimum absolute atomic E-state index is 0.169. The van der Waals surface area contributed by atoms with Crippen LogP contribution in [-0.4, -0.2) is 15.7 Å². The standard InChI is InChI=1S/C20H15FN4O/c1-13-2-4-14(5-3-13)19-16(10-15(11-22)20(23)26)12-25(24-19)18-8-6-17(21)7-9-18/h2-10,12H,1H3,(H2,23,26)/b15-10+. The molecule has 0 saturated carbocycles. The van der Waals surface area contributed by atoms with Crippen LogP contribution in [0.4, 0.5) is 4.39 Å². The quantitative estimate of drug-likeness (QED) is 0.580. The summed E-state index contributed by atoms with van der Waals surface area (Å²) in [6, 6.07) is 15.3. The van der Waals surface area contributed by atoms with Crippen molar-refractivity contribution >= 4 is 12.0 Å². The average Bonchev–Trinajstić information content (AvgIpc) is 3.04. The smallest absolute Gasteiger partial charge is 0.259 e. The highest BCUT2D eigenvalue weighted by Crippen LogP contribution is 2.26. The highest BCUT2D eigenvalue weighted by Gasteiger charge is 2.13. The van der Waals surface area contributed by atoms with Crippen molar-refractivity contribution in [1.82, 2.24) is 9.78 Å². The Balaban J connectivity index is 2.17. The van der Waals surface area contributed by atoms with Crippen molar-refractivity contribution in [3.63, 3.8) is 0 Å². The molecule has 3 rings (SSSR count). The summed E-state index contributed by atoms with van der Waals surface area (Å²) in [4.78, 5) is 11.4. The number of hydrogen-bond acceptors (Lipinski definition) is 3. The molecule has 0 aliphatic carbocycles. The van der Waals surface area contributed by atoms with Crippen molar-refractivity contribution in [2.45, 2.75) is 6.92 Å². The summed E-state index contributed by atoms with van der Waals surface area (Å²) in [7, 11) is 0. The van der Waals surface area contributed by atoms with E-state index in [4.69, 9.17) is 11.0 Å². The second-order valence-corrected chi connectivity index (χ2v) is 5.75. The number of benzene rings is 2. The van der Waals surface area contributed by atoms with Crippen molar-refractivity contribution < 1.29 is 9.18 Å². The monoisotopic (exact) mass is 346 g/mol. The molecule has 1 amide bonds. The van der Waals surface area contributed by atoms with Crippen LogP contribution in [0.2, 0.25) is 0 Å². The number of hydrogen-bond donors (Lipinski definition) is 1. The number of aromatic nitrogens is 2. The predicted molar refractivity (Wildman–Crippen MR) is 96.5 cm³/mol. The summed E-state index contributed by atoms with van der Waals surface area (Å²) in [6.45, 7) is 1.97. The van der Waals surface area contributed by atoms with Crippen LogP contribution in [0, 0.1) is 24.1 Å². The number of nitrogens with zero attached hydrogens (tertiary/aromatic N) is 3. The Hall–Kier alpha value is -3.72. The zero-order chi connectivity index (χ0) is 18.7. The van der Waals surface area contributed by atoms with Gasteiger partial charge in [0.05, 0.1) is 11.4 Å². The zero-order valence-electron chi connectivity index (χ0n) is 14.0. The molecule has 0 atom stereocenters. The Morgan fingerprint density at radius 1 is 1.19 bits per heavy atom. The van der Waals surface area contributed by atoms with Gasteiger partial charge in [-0.1, -0.05) is 29.8 Å². The molecular weight excluding hydrogens is 331 g/mol. The second kappa shape index (κ2) is 7.03. The maximum Gasteiger partial charge on any atom is 0.259 e. The fourth-order valence-corrected chi connectivity index (χ4v) is 2.47. The first-order valence-corrected chi connectivity index (χ1v) is 7.82. The van der Waals surface area contributed by atoms with Crippen molar-refractivity contribution in [3.8, 4) is 23.0 Å². The molecule has 0 saturated heterocycles. The van der Waals surface area contributed by atoms with Gasteiger partial charge in [0.1, 0.15) is 17.5 Å². The first kappa shape index (κ1) is 17.1. The first-order valence-electron chi connectivity index (χ1n) is 7.82. The Morgan fingerprint density at radius 2 is 1.85 bits per heavy atom. The topological polar surface area (TPSA) is 84.7 Å². The number of primary amides is 1. The van der Waals surface area contributed by atoms with Crippen LogP contribution in [0.25, 0.3) is 23.0 Å². The maximum atomic E-state index is 13.2. The van der Waals surface area contributed by atoms with Crippen molar-refractivity contribution in [3.05, 3.63) is 77.2 Å². The molecule has 3 aromatic rings. The van der Waals surface area contributed by atoms with Gasteiger partial charge in [-0.3, -0.25) is 4.79 Å². The van der Waals surface area contributed by atoms with Gasteiger partial charge in [0.2, 0.25) is 0 Å². The van der Waals surface area contributed by atoms with Gasteiger partial charge >= 0.3 is 0 Å². The molecule has 0 bridgehead atoms. The summed E-state index contributed by atoms with van der Waals surface area (Å²) in [5.41, 5.74) is 8.79. The zero-order valence-corrected chi connectivity index (χ0v) is 14.0. The number of amides is 1. The average molecular weight is 346 g/mol. The molecule has 1 aromatic heterocycles. The molecule has 6 heteroatoms. The van der Waals surface area contributed by atoms with E-state index in [1.54, 1.807) is 29.1 Å². The first-order chi connectivity index (χ1) is 12.5. The third kappa shape index (κ3) is 3.52. The van der Waals surface area contributed by atoms with E-state index in [0.29, 0.717) is 16.9 Å². The molecule has 0 fully saturated rings. The summed E-state index contributed by atoms with van der Waals surface area (Å²) >= 11 is 0. The van der Waals surface area contributed by atoms with E-state index in [-0.39, 0.29) is 11.4 Å². The molecule has 0 aliphatic heterocycles. The largest absolute Gasteiger partial charge is 0.365 e. The molecule has 1 heterocycles. The number of aryl methyl sites for hydroxylation is 1. The lowest BCUT2D eigenvalue weighted by atomic mass is 10.0. The Labute approximate surface area is 149 Å². The molecule has 26 heavy (non-hydrogen) atoms. The molecule has 0 aliphatic rings. The molecular formula is C20H15FN4O. The highest BCUT2D eigenvalue weighted by molar-refractivity contribution is 6.01. The van der Waals surface area contributed by atoms with E-state index < -0.39 is 5.91 Å². The fraction of sp³-hybridized carbons (Fsp3) is 0.0500. The SMILES string of the molecule is Cc1ccc(-c2nn(-c3ccc(F)cc3)cc2/C=C(\C#N)C(N)=O)cc1. The van der Waals surface area contributed by atoms with E-state index in [0.717, 1.165) is 11.1 Å². The maximum absolute atomic E-state index is 13.2. The summed E-state index contributed by atoms with van der Waals surface area (Å²) < 4.78 is 14.7. The third-order valence-electron chi connectivity index (χ3n) is 3.84. The molecule has 0 spiro atoms. The van der Waals surface area contributed by atoms with Crippen LogP contribution in [0.1, 0.15) is 11.1 Å². The summed E-state index contributed by atoms with van der Waals surface area (Å²) in [5, 5.41) is 13.7.